The molecule has 0 unspecified atom stereocenters. The monoisotopic (exact) mass is 387 g/mol. The van der Waals surface area contributed by atoms with E-state index in [-0.39, 0.29) is 0 Å². The minimum Gasteiger partial charge on any atom is -0.382 e. The third-order valence-corrected chi connectivity index (χ3v) is 4.81. The second-order valence-electron chi connectivity index (χ2n) is 6.50. The normalized spacial score (nSPS) is 13.0. The van der Waals surface area contributed by atoms with Crippen molar-refractivity contribution in [1.29, 1.82) is 0 Å². The summed E-state index contributed by atoms with van der Waals surface area (Å²) < 4.78 is 0. The number of nitrogens with two attached hydrogens (primary N) is 1. The van der Waals surface area contributed by atoms with Gasteiger partial charge in [-0.25, -0.2) is 19.9 Å². The lowest BCUT2D eigenvalue weighted by molar-refractivity contribution is 0.118. The molecule has 7 heteroatoms. The number of nitrogens with zero attached hydrogens (tertiary/aromatic N) is 4. The van der Waals surface area contributed by atoms with Crippen molar-refractivity contribution in [3.63, 3.8) is 0 Å². The quantitative estimate of drug-likeness (QED) is 0.512. The van der Waals surface area contributed by atoms with E-state index >= 15 is 0 Å². The van der Waals surface area contributed by atoms with Gasteiger partial charge in [0.1, 0.15) is 11.3 Å². The van der Waals surface area contributed by atoms with Crippen molar-refractivity contribution in [3.05, 3.63) is 64.4 Å². The molecule has 3 N–H and O–H groups in total. The lowest BCUT2D eigenvalue weighted by atomic mass is 10.0. The van der Waals surface area contributed by atoms with E-state index in [0.29, 0.717) is 28.4 Å². The smallest absolute Gasteiger partial charge is 0.166 e. The van der Waals surface area contributed by atoms with Crippen LogP contribution >= 0.6 is 11.3 Å². The number of aromatic nitrogens is 4. The second kappa shape index (κ2) is 7.00. The van der Waals surface area contributed by atoms with Gasteiger partial charge < -0.3 is 10.8 Å². The van der Waals surface area contributed by atoms with Crippen LogP contribution in [0.5, 0.6) is 0 Å². The van der Waals surface area contributed by atoms with E-state index in [9.17, 15) is 5.11 Å². The van der Waals surface area contributed by atoms with E-state index in [1.54, 1.807) is 24.7 Å². The minimum absolute atomic E-state index is 0.361. The van der Waals surface area contributed by atoms with Gasteiger partial charge in [0.15, 0.2) is 11.4 Å². The topological polar surface area (TPSA) is 97.8 Å². The Labute approximate surface area is 166 Å². The molecule has 0 fully saturated rings. The standard InChI is InChI=1S/C21H17N5OS/c1-13-24-17-7-6-16(26-19(17)20(22)25-13)15-5-3-4-14(10-15)8-9-21(2,27)18-11-28-12-23-18/h3-7,10-12,27H,1-2H3,(H2,22,24,25)/t21-/m1/s1. The van der Waals surface area contributed by atoms with E-state index in [1.807, 2.05) is 36.4 Å². The summed E-state index contributed by atoms with van der Waals surface area (Å²) in [5, 5.41) is 12.3. The fourth-order valence-electron chi connectivity index (χ4n) is 2.79. The first-order chi connectivity index (χ1) is 13.4. The molecule has 1 aromatic carbocycles. The molecule has 4 rings (SSSR count). The Morgan fingerprint density at radius 3 is 2.79 bits per heavy atom. The lowest BCUT2D eigenvalue weighted by Crippen LogP contribution is -2.18. The molecular weight excluding hydrogens is 370 g/mol. The number of aryl methyl sites for hydroxylation is 1. The number of hydrogen-bond acceptors (Lipinski definition) is 7. The average Bonchev–Trinajstić information content (AvgIpc) is 3.22. The first-order valence-corrected chi connectivity index (χ1v) is 9.52. The molecule has 0 spiro atoms. The summed E-state index contributed by atoms with van der Waals surface area (Å²) in [5.74, 6) is 6.89. The summed E-state index contributed by atoms with van der Waals surface area (Å²) in [6.45, 7) is 3.43. The molecule has 0 saturated carbocycles. The van der Waals surface area contributed by atoms with Crippen LogP contribution in [0.2, 0.25) is 0 Å². The summed E-state index contributed by atoms with van der Waals surface area (Å²) in [6.07, 6.45) is 0. The molecule has 28 heavy (non-hydrogen) atoms. The highest BCUT2D eigenvalue weighted by Crippen LogP contribution is 2.24. The van der Waals surface area contributed by atoms with Crippen LogP contribution in [-0.4, -0.2) is 25.0 Å². The van der Waals surface area contributed by atoms with Gasteiger partial charge in [-0.2, -0.15) is 0 Å². The van der Waals surface area contributed by atoms with Crippen molar-refractivity contribution >= 4 is 28.2 Å². The average molecular weight is 387 g/mol. The maximum absolute atomic E-state index is 10.5. The summed E-state index contributed by atoms with van der Waals surface area (Å²) in [4.78, 5) is 17.3. The predicted molar refractivity (Wildman–Crippen MR) is 110 cm³/mol. The van der Waals surface area contributed by atoms with Crippen molar-refractivity contribution in [3.8, 4) is 23.1 Å². The third kappa shape index (κ3) is 3.56. The Morgan fingerprint density at radius 1 is 1.14 bits per heavy atom. The molecule has 0 aliphatic carbocycles. The van der Waals surface area contributed by atoms with Gasteiger partial charge in [0.05, 0.1) is 22.4 Å². The molecule has 0 bridgehead atoms. The van der Waals surface area contributed by atoms with Crippen LogP contribution in [-0.2, 0) is 5.60 Å². The number of nitrogen functional groups attached to an aromatic ring is 1. The van der Waals surface area contributed by atoms with E-state index < -0.39 is 5.60 Å². The molecule has 0 saturated heterocycles. The molecule has 4 aromatic rings. The Morgan fingerprint density at radius 2 is 2.00 bits per heavy atom. The molecule has 1 atom stereocenters. The van der Waals surface area contributed by atoms with Crippen molar-refractivity contribution in [2.45, 2.75) is 19.4 Å². The summed E-state index contributed by atoms with van der Waals surface area (Å²) in [5.41, 5.74) is 10.6. The van der Waals surface area contributed by atoms with Gasteiger partial charge in [-0.05, 0) is 38.1 Å². The molecule has 0 radical (unpaired) electrons. The van der Waals surface area contributed by atoms with E-state index in [1.165, 1.54) is 11.3 Å². The van der Waals surface area contributed by atoms with Crippen LogP contribution in [0.15, 0.2) is 47.3 Å². The van der Waals surface area contributed by atoms with Crippen LogP contribution in [0.1, 0.15) is 24.0 Å². The van der Waals surface area contributed by atoms with Crippen LogP contribution in [0, 0.1) is 18.8 Å². The number of aliphatic hydroxyl groups is 1. The molecule has 0 aliphatic rings. The van der Waals surface area contributed by atoms with Crippen molar-refractivity contribution in [2.75, 3.05) is 5.73 Å². The Kier molecular flexibility index (Phi) is 4.51. The van der Waals surface area contributed by atoms with Crippen LogP contribution in [0.4, 0.5) is 5.82 Å². The number of hydrogen-bond donors (Lipinski definition) is 2. The molecule has 3 aromatic heterocycles. The molecule has 0 amide bonds. The number of thiazole rings is 1. The fourth-order valence-corrected chi connectivity index (χ4v) is 3.44. The highest BCUT2D eigenvalue weighted by atomic mass is 32.1. The number of benzene rings is 1. The largest absolute Gasteiger partial charge is 0.382 e. The minimum atomic E-state index is -1.30. The molecule has 6 nitrogen and oxygen atoms in total. The first-order valence-electron chi connectivity index (χ1n) is 8.58. The zero-order chi connectivity index (χ0) is 19.7. The highest BCUT2D eigenvalue weighted by Gasteiger charge is 2.22. The molecule has 0 aliphatic heterocycles. The van der Waals surface area contributed by atoms with E-state index in [0.717, 1.165) is 16.8 Å². The zero-order valence-electron chi connectivity index (χ0n) is 15.3. The van der Waals surface area contributed by atoms with Gasteiger partial charge in [0.2, 0.25) is 0 Å². The van der Waals surface area contributed by atoms with Crippen LogP contribution in [0.25, 0.3) is 22.3 Å². The Balaban J connectivity index is 1.70. The van der Waals surface area contributed by atoms with E-state index in [2.05, 4.69) is 31.8 Å². The van der Waals surface area contributed by atoms with Gasteiger partial charge in [-0.1, -0.05) is 24.0 Å². The maximum atomic E-state index is 10.5. The molecule has 138 valence electrons. The van der Waals surface area contributed by atoms with Gasteiger partial charge >= 0.3 is 0 Å². The second-order valence-corrected chi connectivity index (χ2v) is 7.22. The Bertz CT molecular complexity index is 1220. The zero-order valence-corrected chi connectivity index (χ0v) is 16.2. The maximum Gasteiger partial charge on any atom is 0.166 e. The predicted octanol–water partition coefficient (Wildman–Crippen LogP) is 3.30. The number of anilines is 1. The lowest BCUT2D eigenvalue weighted by Gasteiger charge is -2.12. The van der Waals surface area contributed by atoms with Crippen molar-refractivity contribution in [1.82, 2.24) is 19.9 Å². The first kappa shape index (κ1) is 18.0. The fraction of sp³-hybridized carbons (Fsp3) is 0.143. The number of rotatable bonds is 2. The van der Waals surface area contributed by atoms with Gasteiger partial charge in [-0.3, -0.25) is 0 Å². The van der Waals surface area contributed by atoms with Gasteiger partial charge in [-0.15, -0.1) is 11.3 Å². The number of fused-ring (bicyclic) bond motifs is 1. The van der Waals surface area contributed by atoms with Gasteiger partial charge in [0, 0.05) is 16.5 Å². The van der Waals surface area contributed by atoms with Crippen LogP contribution in [0.3, 0.4) is 0 Å². The highest BCUT2D eigenvalue weighted by molar-refractivity contribution is 7.07. The van der Waals surface area contributed by atoms with Crippen molar-refractivity contribution < 1.29 is 5.11 Å². The van der Waals surface area contributed by atoms with E-state index in [4.69, 9.17) is 5.73 Å². The molecular formula is C21H17N5OS. The van der Waals surface area contributed by atoms with Crippen molar-refractivity contribution in [2.24, 2.45) is 0 Å². The summed E-state index contributed by atoms with van der Waals surface area (Å²) >= 11 is 1.42. The molecule has 3 heterocycles. The number of pyridine rings is 1. The SMILES string of the molecule is Cc1nc(N)c2nc(-c3cccc(C#C[C@@](C)(O)c4cscn4)c3)ccc2n1. The third-order valence-electron chi connectivity index (χ3n) is 4.22. The summed E-state index contributed by atoms with van der Waals surface area (Å²) in [7, 11) is 0. The Hall–Kier alpha value is -3.34. The van der Waals surface area contributed by atoms with Crippen LogP contribution < -0.4 is 5.73 Å². The van der Waals surface area contributed by atoms with Gasteiger partial charge in [0.25, 0.3) is 0 Å². The summed E-state index contributed by atoms with van der Waals surface area (Å²) in [6, 6.07) is 11.4.